The smallest absolute Gasteiger partial charge is 0.244 e. The van der Waals surface area contributed by atoms with Crippen molar-refractivity contribution in [2.24, 2.45) is 0 Å². The van der Waals surface area contributed by atoms with Gasteiger partial charge in [0.25, 0.3) is 0 Å². The highest BCUT2D eigenvalue weighted by molar-refractivity contribution is 6.31. The van der Waals surface area contributed by atoms with Crippen LogP contribution in [0.1, 0.15) is 25.5 Å². The molecule has 0 saturated carbocycles. The molecule has 1 unspecified atom stereocenters. The van der Waals surface area contributed by atoms with Gasteiger partial charge in [0.1, 0.15) is 0 Å². The number of nitrogens with zero attached hydrogens (tertiary/aromatic N) is 1. The average molecular weight is 319 g/mol. The third kappa shape index (κ3) is 4.83. The maximum Gasteiger partial charge on any atom is 0.244 e. The van der Waals surface area contributed by atoms with Gasteiger partial charge in [-0.3, -0.25) is 4.79 Å². The zero-order valence-electron chi connectivity index (χ0n) is 12.4. The summed E-state index contributed by atoms with van der Waals surface area (Å²) in [6.45, 7) is 2.05. The molecule has 0 fully saturated rings. The number of hydrogen-bond donors (Lipinski definition) is 2. The molecule has 116 valence electrons. The highest BCUT2D eigenvalue weighted by atomic mass is 35.5. The van der Waals surface area contributed by atoms with E-state index in [0.29, 0.717) is 17.1 Å². The molecule has 2 N–H and O–H groups in total. The minimum atomic E-state index is -0.168. The zero-order valence-corrected chi connectivity index (χ0v) is 13.2. The SMILES string of the molecule is CC(CCCO)NC(=O)/C=C/c1ccc2ccc(Cl)cc2n1. The number of aliphatic hydroxyl groups is 1. The first-order valence-corrected chi connectivity index (χ1v) is 7.62. The third-order valence-corrected chi connectivity index (χ3v) is 3.50. The fraction of sp³-hybridized carbons (Fsp3) is 0.294. The van der Waals surface area contributed by atoms with Crippen molar-refractivity contribution < 1.29 is 9.90 Å². The fourth-order valence-electron chi connectivity index (χ4n) is 2.12. The molecule has 4 nitrogen and oxygen atoms in total. The monoisotopic (exact) mass is 318 g/mol. The Bertz CT molecular complexity index is 685. The summed E-state index contributed by atoms with van der Waals surface area (Å²) in [6, 6.07) is 9.36. The van der Waals surface area contributed by atoms with Gasteiger partial charge in [0.2, 0.25) is 5.91 Å². The third-order valence-electron chi connectivity index (χ3n) is 3.27. The molecule has 0 spiro atoms. The number of carbonyl (C=O) groups is 1. The number of pyridine rings is 1. The molecule has 1 amide bonds. The second kappa shape index (κ2) is 7.92. The van der Waals surface area contributed by atoms with Crippen molar-refractivity contribution in [3.63, 3.8) is 0 Å². The number of rotatable bonds is 6. The number of halogens is 1. The molecule has 0 radical (unpaired) electrons. The highest BCUT2D eigenvalue weighted by Crippen LogP contribution is 2.18. The Morgan fingerprint density at radius 1 is 1.41 bits per heavy atom. The Morgan fingerprint density at radius 2 is 2.18 bits per heavy atom. The minimum Gasteiger partial charge on any atom is -0.396 e. The first-order chi connectivity index (χ1) is 10.6. The summed E-state index contributed by atoms with van der Waals surface area (Å²) in [5.74, 6) is -0.168. The topological polar surface area (TPSA) is 62.2 Å². The van der Waals surface area contributed by atoms with Crippen molar-refractivity contribution in [2.75, 3.05) is 6.61 Å². The Balaban J connectivity index is 2.01. The van der Waals surface area contributed by atoms with E-state index in [1.165, 1.54) is 6.08 Å². The zero-order chi connectivity index (χ0) is 15.9. The number of nitrogens with one attached hydrogen (secondary N) is 1. The van der Waals surface area contributed by atoms with Gasteiger partial charge in [-0.05, 0) is 44.0 Å². The van der Waals surface area contributed by atoms with Crippen LogP contribution in [-0.2, 0) is 4.79 Å². The van der Waals surface area contributed by atoms with E-state index in [1.807, 2.05) is 31.2 Å². The molecule has 1 atom stereocenters. The first kappa shape index (κ1) is 16.5. The molecule has 22 heavy (non-hydrogen) atoms. The van der Waals surface area contributed by atoms with E-state index in [9.17, 15) is 4.79 Å². The average Bonchev–Trinajstić information content (AvgIpc) is 2.50. The number of aliphatic hydroxyl groups excluding tert-OH is 1. The van der Waals surface area contributed by atoms with Crippen LogP contribution in [0, 0.1) is 0 Å². The van der Waals surface area contributed by atoms with E-state index in [4.69, 9.17) is 16.7 Å². The van der Waals surface area contributed by atoms with Gasteiger partial charge in [0.05, 0.1) is 11.2 Å². The van der Waals surface area contributed by atoms with Crippen LogP contribution < -0.4 is 5.32 Å². The van der Waals surface area contributed by atoms with Crippen LogP contribution in [0.4, 0.5) is 0 Å². The standard InChI is InChI=1S/C17H19ClN2O2/c1-12(3-2-10-21)19-17(22)9-8-15-7-5-13-4-6-14(18)11-16(13)20-15/h4-9,11-12,21H,2-3,10H2,1H3,(H,19,22)/b9-8+. The summed E-state index contributed by atoms with van der Waals surface area (Å²) in [5, 5.41) is 13.2. The van der Waals surface area contributed by atoms with Gasteiger partial charge in [0, 0.05) is 29.1 Å². The van der Waals surface area contributed by atoms with Crippen molar-refractivity contribution in [1.29, 1.82) is 0 Å². The van der Waals surface area contributed by atoms with Crippen molar-refractivity contribution in [2.45, 2.75) is 25.8 Å². The predicted octanol–water partition coefficient (Wildman–Crippen LogP) is 3.18. The Kier molecular flexibility index (Phi) is 5.92. The lowest BCUT2D eigenvalue weighted by Gasteiger charge is -2.10. The summed E-state index contributed by atoms with van der Waals surface area (Å²) in [6.07, 6.45) is 4.57. The van der Waals surface area contributed by atoms with Crippen molar-refractivity contribution in [3.8, 4) is 0 Å². The molecule has 2 aromatic rings. The van der Waals surface area contributed by atoms with E-state index >= 15 is 0 Å². The minimum absolute atomic E-state index is 0.0349. The van der Waals surface area contributed by atoms with E-state index < -0.39 is 0 Å². The van der Waals surface area contributed by atoms with E-state index in [1.54, 1.807) is 12.1 Å². The summed E-state index contributed by atoms with van der Waals surface area (Å²) in [7, 11) is 0. The lowest BCUT2D eigenvalue weighted by molar-refractivity contribution is -0.117. The lowest BCUT2D eigenvalue weighted by atomic mass is 10.2. The molecule has 2 rings (SSSR count). The molecular formula is C17H19ClN2O2. The van der Waals surface area contributed by atoms with Crippen LogP contribution in [0.3, 0.4) is 0 Å². The molecule has 1 aromatic carbocycles. The van der Waals surface area contributed by atoms with Gasteiger partial charge in [-0.15, -0.1) is 0 Å². The molecule has 5 heteroatoms. The van der Waals surface area contributed by atoms with Gasteiger partial charge >= 0.3 is 0 Å². The molecule has 0 saturated heterocycles. The van der Waals surface area contributed by atoms with Gasteiger partial charge in [-0.2, -0.15) is 0 Å². The van der Waals surface area contributed by atoms with Crippen molar-refractivity contribution in [1.82, 2.24) is 10.3 Å². The number of aromatic nitrogens is 1. The van der Waals surface area contributed by atoms with Gasteiger partial charge in [-0.25, -0.2) is 4.98 Å². The normalized spacial score (nSPS) is 12.7. The summed E-state index contributed by atoms with van der Waals surface area (Å²) >= 11 is 5.96. The molecule has 0 aliphatic heterocycles. The molecule has 1 aromatic heterocycles. The molecular weight excluding hydrogens is 300 g/mol. The number of hydrogen-bond acceptors (Lipinski definition) is 3. The molecule has 0 aliphatic carbocycles. The first-order valence-electron chi connectivity index (χ1n) is 7.24. The van der Waals surface area contributed by atoms with Crippen LogP contribution in [0.5, 0.6) is 0 Å². The predicted molar refractivity (Wildman–Crippen MR) is 89.7 cm³/mol. The maximum atomic E-state index is 11.8. The summed E-state index contributed by atoms with van der Waals surface area (Å²) < 4.78 is 0. The summed E-state index contributed by atoms with van der Waals surface area (Å²) in [4.78, 5) is 16.3. The Morgan fingerprint density at radius 3 is 2.95 bits per heavy atom. The number of benzene rings is 1. The van der Waals surface area contributed by atoms with Crippen LogP contribution in [0.15, 0.2) is 36.4 Å². The summed E-state index contributed by atoms with van der Waals surface area (Å²) in [5.41, 5.74) is 1.50. The van der Waals surface area contributed by atoms with E-state index in [-0.39, 0.29) is 18.6 Å². The number of fused-ring (bicyclic) bond motifs is 1. The van der Waals surface area contributed by atoms with Crippen molar-refractivity contribution in [3.05, 3.63) is 47.1 Å². The van der Waals surface area contributed by atoms with Crippen LogP contribution in [0.2, 0.25) is 5.02 Å². The Labute approximate surface area is 134 Å². The lowest BCUT2D eigenvalue weighted by Crippen LogP contribution is -2.31. The maximum absolute atomic E-state index is 11.8. The van der Waals surface area contributed by atoms with E-state index in [2.05, 4.69) is 10.3 Å². The van der Waals surface area contributed by atoms with Gasteiger partial charge < -0.3 is 10.4 Å². The number of amides is 1. The van der Waals surface area contributed by atoms with Crippen LogP contribution in [-0.4, -0.2) is 28.6 Å². The second-order valence-electron chi connectivity index (χ2n) is 5.18. The fourth-order valence-corrected chi connectivity index (χ4v) is 2.29. The molecule has 1 heterocycles. The number of carbonyl (C=O) groups excluding carboxylic acids is 1. The molecule has 0 aliphatic rings. The Hall–Kier alpha value is -1.91. The van der Waals surface area contributed by atoms with Crippen LogP contribution >= 0.6 is 11.6 Å². The highest BCUT2D eigenvalue weighted by Gasteiger charge is 2.04. The quantitative estimate of drug-likeness (QED) is 0.804. The largest absolute Gasteiger partial charge is 0.396 e. The van der Waals surface area contributed by atoms with Crippen LogP contribution in [0.25, 0.3) is 17.0 Å². The second-order valence-corrected chi connectivity index (χ2v) is 5.62. The van der Waals surface area contributed by atoms with Gasteiger partial charge in [-0.1, -0.05) is 23.7 Å². The van der Waals surface area contributed by atoms with Gasteiger partial charge in [0.15, 0.2) is 0 Å². The molecule has 0 bridgehead atoms. The van der Waals surface area contributed by atoms with E-state index in [0.717, 1.165) is 17.3 Å². The van der Waals surface area contributed by atoms with Crippen molar-refractivity contribution >= 4 is 34.5 Å².